The molecule has 5 nitrogen and oxygen atoms in total. The molecule has 0 aliphatic heterocycles. The molecule has 1 aromatic rings. The predicted octanol–water partition coefficient (Wildman–Crippen LogP) is 2.50. The van der Waals surface area contributed by atoms with Crippen molar-refractivity contribution in [1.82, 2.24) is 4.98 Å². The Hall–Kier alpha value is -2.43. The van der Waals surface area contributed by atoms with Gasteiger partial charge >= 0.3 is 11.9 Å². The molecule has 1 heterocycles. The topological polar surface area (TPSA) is 87.5 Å². The number of aromatic nitrogens is 1. The number of hydrogen-bond acceptors (Lipinski definition) is 3. The lowest BCUT2D eigenvalue weighted by molar-refractivity contribution is 0.0645. The highest BCUT2D eigenvalue weighted by molar-refractivity contribution is 6.01. The lowest BCUT2D eigenvalue weighted by Crippen LogP contribution is -2.18. The van der Waals surface area contributed by atoms with E-state index >= 15 is 0 Å². The molecule has 0 saturated heterocycles. The smallest absolute Gasteiger partial charge is 0.355 e. The molecule has 0 saturated carbocycles. The molecule has 1 rings (SSSR count). The van der Waals surface area contributed by atoms with Crippen LogP contribution >= 0.6 is 0 Å². The number of carboxylic acid groups (broad SMARTS) is 2. The van der Waals surface area contributed by atoms with E-state index in [0.717, 1.165) is 5.56 Å². The molecule has 0 spiro atoms. The van der Waals surface area contributed by atoms with Gasteiger partial charge in [-0.05, 0) is 24.0 Å². The first-order valence-electron chi connectivity index (χ1n) is 6.20. The molecule has 2 N–H and O–H groups in total. The van der Waals surface area contributed by atoms with Crippen molar-refractivity contribution in [1.29, 1.82) is 0 Å². The Kier molecular flexibility index (Phi) is 5.20. The van der Waals surface area contributed by atoms with Gasteiger partial charge in [0.1, 0.15) is 0 Å². The van der Waals surface area contributed by atoms with Gasteiger partial charge in [0.15, 0.2) is 5.69 Å². The highest BCUT2D eigenvalue weighted by Gasteiger charge is 2.25. The van der Waals surface area contributed by atoms with Crippen molar-refractivity contribution in [2.45, 2.75) is 26.2 Å². The van der Waals surface area contributed by atoms with E-state index in [-0.39, 0.29) is 12.0 Å². The molecule has 0 aliphatic carbocycles. The maximum absolute atomic E-state index is 11.4. The zero-order valence-corrected chi connectivity index (χ0v) is 11.3. The van der Waals surface area contributed by atoms with Crippen LogP contribution in [0.15, 0.2) is 25.3 Å². The van der Waals surface area contributed by atoms with Crippen molar-refractivity contribution >= 4 is 11.9 Å². The van der Waals surface area contributed by atoms with Gasteiger partial charge < -0.3 is 10.2 Å². The number of carbonyl (C=O) groups is 2. The SMILES string of the molecule is C=CCc1nc(C(=O)O)c(C(=O)O)c(CC=C)c1CC. The Morgan fingerprint density at radius 1 is 1.10 bits per heavy atom. The fourth-order valence-electron chi connectivity index (χ4n) is 2.20. The third kappa shape index (κ3) is 2.93. The van der Waals surface area contributed by atoms with Gasteiger partial charge in [-0.25, -0.2) is 14.6 Å². The summed E-state index contributed by atoms with van der Waals surface area (Å²) in [6.45, 7) is 9.09. The Bertz CT molecular complexity index is 576. The minimum atomic E-state index is -1.35. The molecule has 0 aromatic carbocycles. The molecule has 0 bridgehead atoms. The van der Waals surface area contributed by atoms with Gasteiger partial charge in [-0.15, -0.1) is 13.2 Å². The maximum atomic E-state index is 11.4. The minimum Gasteiger partial charge on any atom is -0.478 e. The van der Waals surface area contributed by atoms with E-state index in [9.17, 15) is 19.8 Å². The summed E-state index contributed by atoms with van der Waals surface area (Å²) in [7, 11) is 0. The first-order valence-corrected chi connectivity index (χ1v) is 6.20. The number of hydrogen-bond donors (Lipinski definition) is 2. The average Bonchev–Trinajstić information content (AvgIpc) is 2.38. The van der Waals surface area contributed by atoms with Crippen molar-refractivity contribution in [2.75, 3.05) is 0 Å². The van der Waals surface area contributed by atoms with Crippen molar-refractivity contribution in [2.24, 2.45) is 0 Å². The molecule has 20 heavy (non-hydrogen) atoms. The highest BCUT2D eigenvalue weighted by atomic mass is 16.4. The lowest BCUT2D eigenvalue weighted by atomic mass is 9.93. The first-order chi connectivity index (χ1) is 9.47. The van der Waals surface area contributed by atoms with Crippen molar-refractivity contribution in [3.8, 4) is 0 Å². The van der Waals surface area contributed by atoms with Crippen LogP contribution in [0.2, 0.25) is 0 Å². The van der Waals surface area contributed by atoms with Crippen molar-refractivity contribution < 1.29 is 19.8 Å². The summed E-state index contributed by atoms with van der Waals surface area (Å²) in [4.78, 5) is 26.7. The number of allylic oxidation sites excluding steroid dienone is 2. The van der Waals surface area contributed by atoms with Gasteiger partial charge in [-0.1, -0.05) is 19.1 Å². The Balaban J connectivity index is 3.78. The van der Waals surface area contributed by atoms with Crippen LogP contribution in [-0.2, 0) is 19.3 Å². The number of nitrogens with zero attached hydrogens (tertiary/aromatic N) is 1. The maximum Gasteiger partial charge on any atom is 0.355 e. The van der Waals surface area contributed by atoms with Crippen molar-refractivity contribution in [3.63, 3.8) is 0 Å². The molecule has 0 aliphatic rings. The standard InChI is InChI=1S/C15H17NO4/c1-4-7-10-9(6-3)11(8-5-2)16-13(15(19)20)12(10)14(17)18/h4-5H,1-2,6-8H2,3H3,(H,17,18)(H,19,20). The second kappa shape index (κ2) is 6.65. The monoisotopic (exact) mass is 275 g/mol. The summed E-state index contributed by atoms with van der Waals surface area (Å²) in [6, 6.07) is 0. The summed E-state index contributed by atoms with van der Waals surface area (Å²) in [6.07, 6.45) is 4.43. The molecular formula is C15H17NO4. The van der Waals surface area contributed by atoms with E-state index in [0.29, 0.717) is 24.1 Å². The minimum absolute atomic E-state index is 0.248. The fraction of sp³-hybridized carbons (Fsp3) is 0.267. The van der Waals surface area contributed by atoms with E-state index in [4.69, 9.17) is 0 Å². The van der Waals surface area contributed by atoms with E-state index in [1.165, 1.54) is 0 Å². The molecule has 5 heteroatoms. The summed E-state index contributed by atoms with van der Waals surface area (Å²) >= 11 is 0. The fourth-order valence-corrected chi connectivity index (χ4v) is 2.20. The Morgan fingerprint density at radius 2 is 1.70 bits per heavy atom. The van der Waals surface area contributed by atoms with Gasteiger partial charge in [0.05, 0.1) is 5.56 Å². The molecule has 0 atom stereocenters. The Morgan fingerprint density at radius 3 is 2.10 bits per heavy atom. The number of pyridine rings is 1. The van der Waals surface area contributed by atoms with Crippen LogP contribution in [0, 0.1) is 0 Å². The van der Waals surface area contributed by atoms with Crippen LogP contribution in [0.3, 0.4) is 0 Å². The van der Waals surface area contributed by atoms with Gasteiger partial charge in [-0.3, -0.25) is 0 Å². The summed E-state index contributed by atoms with van der Waals surface area (Å²) in [5.41, 5.74) is 1.11. The zero-order chi connectivity index (χ0) is 15.3. The van der Waals surface area contributed by atoms with Crippen LogP contribution in [0.4, 0.5) is 0 Å². The van der Waals surface area contributed by atoms with E-state index < -0.39 is 17.6 Å². The lowest BCUT2D eigenvalue weighted by Gasteiger charge is -2.16. The second-order valence-electron chi connectivity index (χ2n) is 4.19. The Labute approximate surface area is 117 Å². The van der Waals surface area contributed by atoms with E-state index in [1.807, 2.05) is 6.92 Å². The second-order valence-corrected chi connectivity index (χ2v) is 4.19. The third-order valence-corrected chi connectivity index (χ3v) is 2.95. The summed E-state index contributed by atoms with van der Waals surface area (Å²) < 4.78 is 0. The van der Waals surface area contributed by atoms with Crippen LogP contribution in [0.25, 0.3) is 0 Å². The van der Waals surface area contributed by atoms with Crippen LogP contribution in [-0.4, -0.2) is 27.1 Å². The van der Waals surface area contributed by atoms with Gasteiger partial charge in [0, 0.05) is 12.1 Å². The molecule has 0 amide bonds. The molecular weight excluding hydrogens is 258 g/mol. The average molecular weight is 275 g/mol. The third-order valence-electron chi connectivity index (χ3n) is 2.95. The molecule has 0 unspecified atom stereocenters. The number of rotatable bonds is 7. The highest BCUT2D eigenvalue weighted by Crippen LogP contribution is 2.24. The van der Waals surface area contributed by atoms with Gasteiger partial charge in [0.25, 0.3) is 0 Å². The predicted molar refractivity (Wildman–Crippen MR) is 75.3 cm³/mol. The molecule has 0 fully saturated rings. The van der Waals surface area contributed by atoms with Gasteiger partial charge in [0.2, 0.25) is 0 Å². The van der Waals surface area contributed by atoms with Crippen molar-refractivity contribution in [3.05, 3.63) is 53.4 Å². The van der Waals surface area contributed by atoms with E-state index in [1.54, 1.807) is 12.2 Å². The molecule has 0 radical (unpaired) electrons. The number of carboxylic acids is 2. The first kappa shape index (κ1) is 15.6. The summed E-state index contributed by atoms with van der Waals surface area (Å²) in [5.74, 6) is -2.63. The zero-order valence-electron chi connectivity index (χ0n) is 11.3. The normalized spacial score (nSPS) is 10.1. The van der Waals surface area contributed by atoms with Crippen LogP contribution in [0.5, 0.6) is 0 Å². The molecule has 1 aromatic heterocycles. The van der Waals surface area contributed by atoms with E-state index in [2.05, 4.69) is 18.1 Å². The summed E-state index contributed by atoms with van der Waals surface area (Å²) in [5, 5.41) is 18.5. The quantitative estimate of drug-likeness (QED) is 0.746. The molecule has 106 valence electrons. The van der Waals surface area contributed by atoms with Gasteiger partial charge in [-0.2, -0.15) is 0 Å². The van der Waals surface area contributed by atoms with Crippen LogP contribution in [0.1, 0.15) is 44.6 Å². The van der Waals surface area contributed by atoms with Crippen LogP contribution < -0.4 is 0 Å². The number of aromatic carboxylic acids is 2. The largest absolute Gasteiger partial charge is 0.478 e.